The summed E-state index contributed by atoms with van der Waals surface area (Å²) in [6.07, 6.45) is 0. The van der Waals surface area contributed by atoms with Crippen LogP contribution in [0.3, 0.4) is 0 Å². The Labute approximate surface area is 57.0 Å². The first-order valence-corrected chi connectivity index (χ1v) is 2.57. The van der Waals surface area contributed by atoms with Gasteiger partial charge in [-0.25, -0.2) is 0 Å². The van der Waals surface area contributed by atoms with E-state index < -0.39 is 12.0 Å². The lowest BCUT2D eigenvalue weighted by molar-refractivity contribution is -0.139. The zero-order valence-electron chi connectivity index (χ0n) is 4.14. The maximum Gasteiger partial charge on any atom is 0.323 e. The van der Waals surface area contributed by atoms with Gasteiger partial charge in [0.25, 0.3) is 0 Å². The summed E-state index contributed by atoms with van der Waals surface area (Å²) in [5, 5.41) is 8.14. The lowest BCUT2D eigenvalue weighted by Crippen LogP contribution is -2.25. The molecule has 0 aromatic carbocycles. The van der Waals surface area contributed by atoms with Crippen LogP contribution in [-0.4, -0.2) is 21.1 Å². The summed E-state index contributed by atoms with van der Waals surface area (Å²) in [7, 11) is 0. The number of carboxylic acids is 1. The van der Waals surface area contributed by atoms with E-state index in [0.717, 1.165) is 0 Å². The summed E-state index contributed by atoms with van der Waals surface area (Å²) >= 11 is 10.1. The number of halogens is 2. The van der Waals surface area contributed by atoms with Crippen molar-refractivity contribution >= 4 is 29.5 Å². The maximum atomic E-state index is 9.93. The molecule has 0 aliphatic rings. The zero-order valence-corrected chi connectivity index (χ0v) is 5.65. The van der Waals surface area contributed by atoms with Crippen molar-refractivity contribution in [2.75, 3.05) is 0 Å². The highest BCUT2D eigenvalue weighted by Gasteiger charge is 2.15. The van der Waals surface area contributed by atoms with Gasteiger partial charge in [0.05, 0.1) is 0 Å². The molecule has 0 saturated carbocycles. The van der Waals surface area contributed by atoms with Crippen molar-refractivity contribution in [2.24, 2.45) is 0 Å². The molecule has 0 unspecified atom stereocenters. The van der Waals surface area contributed by atoms with E-state index >= 15 is 0 Å². The van der Waals surface area contributed by atoms with Gasteiger partial charge < -0.3 is 5.11 Å². The Kier molecular flexibility index (Phi) is 3.12. The van der Waals surface area contributed by atoms with Gasteiger partial charge in [-0.3, -0.25) is 4.79 Å². The predicted octanol–water partition coefficient (Wildman–Crippen LogP) is 1.07. The van der Waals surface area contributed by atoms with Crippen molar-refractivity contribution in [1.82, 2.24) is 3.94 Å². The van der Waals surface area contributed by atoms with Crippen molar-refractivity contribution in [3.63, 3.8) is 0 Å². The Bertz CT molecular complexity index is 95.3. The second kappa shape index (κ2) is 3.12. The van der Waals surface area contributed by atoms with E-state index in [1.54, 1.807) is 0 Å². The Morgan fingerprint density at radius 1 is 1.75 bits per heavy atom. The van der Waals surface area contributed by atoms with Gasteiger partial charge in [0.2, 0.25) is 0 Å². The number of rotatable bonds is 2. The first-order valence-electron chi connectivity index (χ1n) is 1.89. The minimum Gasteiger partial charge on any atom is -0.480 e. The average Bonchev–Trinajstić information content (AvgIpc) is 1.64. The number of aliphatic carboxylic acids is 1. The maximum absolute atomic E-state index is 9.93. The second-order valence-corrected chi connectivity index (χ2v) is 2.17. The van der Waals surface area contributed by atoms with Crippen molar-refractivity contribution in [1.29, 1.82) is 0 Å². The first kappa shape index (κ1) is 8.01. The molecule has 0 aromatic heterocycles. The van der Waals surface area contributed by atoms with Crippen LogP contribution in [0.5, 0.6) is 0 Å². The third-order valence-electron chi connectivity index (χ3n) is 0.650. The van der Waals surface area contributed by atoms with E-state index in [9.17, 15) is 4.79 Å². The number of hydrogen-bond donors (Lipinski definition) is 1. The van der Waals surface area contributed by atoms with E-state index in [1.165, 1.54) is 6.92 Å². The monoisotopic (exact) mass is 157 g/mol. The molecule has 0 radical (unpaired) electrons. The molecule has 0 fully saturated rings. The minimum atomic E-state index is -1.05. The van der Waals surface area contributed by atoms with Crippen molar-refractivity contribution < 1.29 is 9.90 Å². The van der Waals surface area contributed by atoms with E-state index in [2.05, 4.69) is 0 Å². The molecule has 0 bridgehead atoms. The summed E-state index contributed by atoms with van der Waals surface area (Å²) < 4.78 is 0.586. The molecule has 8 heavy (non-hydrogen) atoms. The van der Waals surface area contributed by atoms with Gasteiger partial charge >= 0.3 is 5.97 Å². The molecular weight excluding hydrogens is 153 g/mol. The third kappa shape index (κ3) is 2.35. The molecule has 0 aromatic rings. The van der Waals surface area contributed by atoms with Gasteiger partial charge in [-0.15, -0.1) is 3.94 Å². The quantitative estimate of drug-likeness (QED) is 0.611. The fraction of sp³-hybridized carbons (Fsp3) is 0.667. The molecular formula is C3H5Cl2NO2. The average molecular weight is 158 g/mol. The Morgan fingerprint density at radius 3 is 2.12 bits per heavy atom. The van der Waals surface area contributed by atoms with E-state index in [-0.39, 0.29) is 0 Å². The highest BCUT2D eigenvalue weighted by atomic mass is 35.5. The highest BCUT2D eigenvalue weighted by Crippen LogP contribution is 2.05. The number of hydrogen-bond acceptors (Lipinski definition) is 2. The molecule has 1 N–H and O–H groups in total. The highest BCUT2D eigenvalue weighted by molar-refractivity contribution is 6.34. The van der Waals surface area contributed by atoms with Crippen LogP contribution in [0, 0.1) is 0 Å². The smallest absolute Gasteiger partial charge is 0.323 e. The van der Waals surface area contributed by atoms with Crippen molar-refractivity contribution in [2.45, 2.75) is 13.0 Å². The number of carboxylic acid groups (broad SMARTS) is 1. The van der Waals surface area contributed by atoms with Crippen LogP contribution >= 0.6 is 23.6 Å². The van der Waals surface area contributed by atoms with Crippen LogP contribution in [-0.2, 0) is 4.79 Å². The van der Waals surface area contributed by atoms with E-state index in [1.807, 2.05) is 0 Å². The van der Waals surface area contributed by atoms with Crippen molar-refractivity contribution in [3.8, 4) is 0 Å². The van der Waals surface area contributed by atoms with Crippen LogP contribution < -0.4 is 0 Å². The molecule has 0 spiro atoms. The lowest BCUT2D eigenvalue weighted by Gasteiger charge is -2.06. The van der Waals surface area contributed by atoms with E-state index in [4.69, 9.17) is 28.7 Å². The van der Waals surface area contributed by atoms with Crippen molar-refractivity contribution in [3.05, 3.63) is 0 Å². The molecule has 0 saturated heterocycles. The Hall–Kier alpha value is 0.01000. The third-order valence-corrected chi connectivity index (χ3v) is 1.24. The summed E-state index contributed by atoms with van der Waals surface area (Å²) in [6, 6.07) is -0.849. The van der Waals surface area contributed by atoms with E-state index in [0.29, 0.717) is 3.94 Å². The molecule has 48 valence electrons. The summed E-state index contributed by atoms with van der Waals surface area (Å²) in [5.41, 5.74) is 0. The molecule has 0 aliphatic heterocycles. The van der Waals surface area contributed by atoms with Gasteiger partial charge in [0.1, 0.15) is 6.04 Å². The lowest BCUT2D eigenvalue weighted by atomic mass is 10.4. The van der Waals surface area contributed by atoms with Gasteiger partial charge in [-0.1, -0.05) is 0 Å². The molecule has 0 heterocycles. The number of carbonyl (C=O) groups is 1. The Balaban J connectivity index is 3.64. The van der Waals surface area contributed by atoms with Crippen LogP contribution in [0.25, 0.3) is 0 Å². The Morgan fingerprint density at radius 2 is 2.12 bits per heavy atom. The molecule has 3 nitrogen and oxygen atoms in total. The van der Waals surface area contributed by atoms with Gasteiger partial charge in [0.15, 0.2) is 0 Å². The zero-order chi connectivity index (χ0) is 6.73. The largest absolute Gasteiger partial charge is 0.480 e. The van der Waals surface area contributed by atoms with Crippen LogP contribution in [0.2, 0.25) is 0 Å². The van der Waals surface area contributed by atoms with Crippen LogP contribution in [0.1, 0.15) is 6.92 Å². The number of nitrogens with zero attached hydrogens (tertiary/aromatic N) is 1. The molecule has 0 amide bonds. The van der Waals surface area contributed by atoms with Crippen LogP contribution in [0.15, 0.2) is 0 Å². The van der Waals surface area contributed by atoms with Gasteiger partial charge in [-0.05, 0) is 30.5 Å². The summed E-state index contributed by atoms with van der Waals surface area (Å²) in [5.74, 6) is -1.05. The molecule has 1 atom stereocenters. The summed E-state index contributed by atoms with van der Waals surface area (Å²) in [4.78, 5) is 9.93. The normalized spacial score (nSPS) is 14.0. The fourth-order valence-electron chi connectivity index (χ4n) is 0.0835. The van der Waals surface area contributed by atoms with Gasteiger partial charge in [-0.2, -0.15) is 0 Å². The minimum absolute atomic E-state index is 0.586. The van der Waals surface area contributed by atoms with Crippen LogP contribution in [0.4, 0.5) is 0 Å². The summed E-state index contributed by atoms with van der Waals surface area (Å²) in [6.45, 7) is 1.38. The molecule has 5 heteroatoms. The topological polar surface area (TPSA) is 40.5 Å². The standard InChI is InChI=1S/C3H5Cl2NO2/c1-2(3(7)8)6(4)5/h2H,1H3,(H,7,8)/t2-/m0/s1. The SMILES string of the molecule is C[C@@H](C(=O)O)N(Cl)Cl. The second-order valence-electron chi connectivity index (χ2n) is 1.27. The predicted molar refractivity (Wildman–Crippen MR) is 30.6 cm³/mol. The fourth-order valence-corrected chi connectivity index (χ4v) is 0.250. The molecule has 0 rings (SSSR count). The first-order chi connectivity index (χ1) is 3.55. The molecule has 0 aliphatic carbocycles. The van der Waals surface area contributed by atoms with Gasteiger partial charge in [0, 0.05) is 0 Å².